The molecule has 6 nitrogen and oxygen atoms in total. The number of halogens is 4. The molecule has 3 aromatic rings. The zero-order valence-corrected chi connectivity index (χ0v) is 20.7. The van der Waals surface area contributed by atoms with Gasteiger partial charge in [0, 0.05) is 44.2 Å². The van der Waals surface area contributed by atoms with Gasteiger partial charge >= 0.3 is 12.1 Å². The number of aromatic nitrogens is 1. The van der Waals surface area contributed by atoms with E-state index in [0.29, 0.717) is 44.8 Å². The van der Waals surface area contributed by atoms with Gasteiger partial charge in [0.1, 0.15) is 11.5 Å². The van der Waals surface area contributed by atoms with E-state index in [1.807, 2.05) is 35.8 Å². The SMILES string of the molecule is COCCn1c(C(=O)N2CCC(c3ccc(F)c(CNC(=O)C(F)(F)F)c3)CC2)cc2cccc(C)c21. The first-order valence-corrected chi connectivity index (χ1v) is 12.1. The first-order valence-electron chi connectivity index (χ1n) is 12.1. The second kappa shape index (κ2) is 10.9. The number of benzene rings is 2. The predicted molar refractivity (Wildman–Crippen MR) is 131 cm³/mol. The molecule has 0 atom stereocenters. The van der Waals surface area contributed by atoms with E-state index in [-0.39, 0.29) is 17.4 Å². The zero-order valence-electron chi connectivity index (χ0n) is 20.7. The predicted octanol–water partition coefficient (Wildman–Crippen LogP) is 4.93. The molecule has 0 spiro atoms. The first kappa shape index (κ1) is 26.7. The smallest absolute Gasteiger partial charge is 0.383 e. The van der Waals surface area contributed by atoms with E-state index in [1.165, 1.54) is 12.1 Å². The number of carbonyl (C=O) groups is 2. The maximum absolute atomic E-state index is 14.2. The molecule has 1 saturated heterocycles. The highest BCUT2D eigenvalue weighted by Crippen LogP contribution is 2.31. The van der Waals surface area contributed by atoms with Crippen molar-refractivity contribution >= 4 is 22.7 Å². The molecule has 0 bridgehead atoms. The van der Waals surface area contributed by atoms with E-state index < -0.39 is 24.4 Å². The third-order valence-electron chi connectivity index (χ3n) is 6.88. The van der Waals surface area contributed by atoms with E-state index in [1.54, 1.807) is 23.4 Å². The number of fused-ring (bicyclic) bond motifs is 1. The Balaban J connectivity index is 1.46. The van der Waals surface area contributed by atoms with Gasteiger partial charge in [0.25, 0.3) is 5.91 Å². The van der Waals surface area contributed by atoms with Crippen molar-refractivity contribution in [3.63, 3.8) is 0 Å². The van der Waals surface area contributed by atoms with Gasteiger partial charge in [0.2, 0.25) is 0 Å². The van der Waals surface area contributed by atoms with Gasteiger partial charge in [-0.15, -0.1) is 0 Å². The Morgan fingerprint density at radius 1 is 1.11 bits per heavy atom. The standard InChI is InChI=1S/C27H29F4N3O3/c1-17-4-3-5-20-15-23(34(24(17)20)12-13-37-2)25(35)33-10-8-18(9-11-33)19-6-7-22(28)21(14-19)16-32-26(36)27(29,30)31/h3-7,14-15,18H,8-13,16H2,1-2H3,(H,32,36). The molecule has 1 aliphatic heterocycles. The van der Waals surface area contributed by atoms with Gasteiger partial charge < -0.3 is 19.5 Å². The molecule has 2 aromatic carbocycles. The lowest BCUT2D eigenvalue weighted by Gasteiger charge is -2.32. The molecule has 1 aromatic heterocycles. The number of aryl methyl sites for hydroxylation is 1. The second-order valence-electron chi connectivity index (χ2n) is 9.28. The second-order valence-corrected chi connectivity index (χ2v) is 9.28. The van der Waals surface area contributed by atoms with Crippen molar-refractivity contribution in [2.75, 3.05) is 26.8 Å². The fourth-order valence-electron chi connectivity index (χ4n) is 4.94. The Labute approximate surface area is 212 Å². The van der Waals surface area contributed by atoms with E-state index >= 15 is 0 Å². The maximum Gasteiger partial charge on any atom is 0.471 e. The Kier molecular flexibility index (Phi) is 7.87. The van der Waals surface area contributed by atoms with Crippen LogP contribution in [0.25, 0.3) is 10.9 Å². The number of nitrogens with zero attached hydrogens (tertiary/aromatic N) is 2. The highest BCUT2D eigenvalue weighted by atomic mass is 19.4. The molecule has 0 saturated carbocycles. The minimum Gasteiger partial charge on any atom is -0.383 e. The summed E-state index contributed by atoms with van der Waals surface area (Å²) in [5, 5.41) is 2.71. The van der Waals surface area contributed by atoms with Gasteiger partial charge in [-0.25, -0.2) is 4.39 Å². The van der Waals surface area contributed by atoms with Gasteiger partial charge in [-0.05, 0) is 48.9 Å². The van der Waals surface area contributed by atoms with Crippen molar-refractivity contribution < 1.29 is 31.9 Å². The number of amides is 2. The summed E-state index contributed by atoms with van der Waals surface area (Å²) in [4.78, 5) is 26.4. The number of piperidine rings is 1. The molecule has 1 N–H and O–H groups in total. The minimum absolute atomic E-state index is 0.00774. The molecule has 4 rings (SSSR count). The lowest BCUT2D eigenvalue weighted by atomic mass is 9.88. The third-order valence-corrected chi connectivity index (χ3v) is 6.88. The Bertz CT molecular complexity index is 1290. The molecule has 2 amide bonds. The highest BCUT2D eigenvalue weighted by Gasteiger charge is 2.38. The number of nitrogens with one attached hydrogen (secondary N) is 1. The summed E-state index contributed by atoms with van der Waals surface area (Å²) in [5.74, 6) is -2.84. The first-order chi connectivity index (χ1) is 17.6. The van der Waals surface area contributed by atoms with Crippen LogP contribution in [0.2, 0.25) is 0 Å². The van der Waals surface area contributed by atoms with Gasteiger partial charge in [0.15, 0.2) is 0 Å². The average Bonchev–Trinajstić information content (AvgIpc) is 3.25. The molecule has 0 radical (unpaired) electrons. The molecular formula is C27H29F4N3O3. The van der Waals surface area contributed by atoms with Crippen molar-refractivity contribution in [3.05, 3.63) is 70.7 Å². The summed E-state index contributed by atoms with van der Waals surface area (Å²) in [6.45, 7) is 3.46. The van der Waals surface area contributed by atoms with E-state index in [2.05, 4.69) is 0 Å². The molecule has 37 heavy (non-hydrogen) atoms. The van der Waals surface area contributed by atoms with Crippen LogP contribution < -0.4 is 5.32 Å². The molecule has 0 unspecified atom stereocenters. The number of hydrogen-bond donors (Lipinski definition) is 1. The quantitative estimate of drug-likeness (QED) is 0.450. The van der Waals surface area contributed by atoms with Gasteiger partial charge in [-0.1, -0.05) is 30.3 Å². The normalized spacial score (nSPS) is 14.8. The van der Waals surface area contributed by atoms with Crippen molar-refractivity contribution in [2.24, 2.45) is 0 Å². The minimum atomic E-state index is -5.03. The number of methoxy groups -OCH3 is 1. The zero-order chi connectivity index (χ0) is 26.7. The molecule has 1 aliphatic rings. The fraction of sp³-hybridized carbons (Fsp3) is 0.407. The molecular weight excluding hydrogens is 490 g/mol. The fourth-order valence-corrected chi connectivity index (χ4v) is 4.94. The van der Waals surface area contributed by atoms with Crippen LogP contribution in [0.4, 0.5) is 17.6 Å². The van der Waals surface area contributed by atoms with Gasteiger partial charge in [0.05, 0.1) is 12.1 Å². The highest BCUT2D eigenvalue weighted by molar-refractivity contribution is 5.99. The monoisotopic (exact) mass is 519 g/mol. The maximum atomic E-state index is 14.2. The summed E-state index contributed by atoms with van der Waals surface area (Å²) in [7, 11) is 1.62. The van der Waals surface area contributed by atoms with Crippen molar-refractivity contribution in [1.29, 1.82) is 0 Å². The van der Waals surface area contributed by atoms with E-state index in [9.17, 15) is 27.2 Å². The number of ether oxygens (including phenoxy) is 1. The molecule has 0 aliphatic carbocycles. The third kappa shape index (κ3) is 5.79. The molecule has 10 heteroatoms. The lowest BCUT2D eigenvalue weighted by molar-refractivity contribution is -0.173. The van der Waals surface area contributed by atoms with Crippen molar-refractivity contribution in [2.45, 2.75) is 44.9 Å². The Hall–Kier alpha value is -3.40. The Morgan fingerprint density at radius 3 is 2.51 bits per heavy atom. The number of likely N-dealkylation sites (tertiary alicyclic amines) is 1. The summed E-state index contributed by atoms with van der Waals surface area (Å²) < 4.78 is 58.9. The van der Waals surface area contributed by atoms with Gasteiger partial charge in [-0.3, -0.25) is 9.59 Å². The number of rotatable bonds is 7. The van der Waals surface area contributed by atoms with Crippen LogP contribution in [0.15, 0.2) is 42.5 Å². The van der Waals surface area contributed by atoms with Crippen LogP contribution in [0.3, 0.4) is 0 Å². The van der Waals surface area contributed by atoms with Crippen LogP contribution in [0.1, 0.15) is 45.9 Å². The number of hydrogen-bond acceptors (Lipinski definition) is 3. The topological polar surface area (TPSA) is 63.6 Å². The summed E-state index contributed by atoms with van der Waals surface area (Å²) in [5.41, 5.74) is 3.45. The lowest BCUT2D eigenvalue weighted by Crippen LogP contribution is -2.39. The van der Waals surface area contributed by atoms with Crippen LogP contribution in [-0.4, -0.2) is 54.3 Å². The van der Waals surface area contributed by atoms with E-state index in [0.717, 1.165) is 22.0 Å². The number of alkyl halides is 3. The molecule has 2 heterocycles. The summed E-state index contributed by atoms with van der Waals surface area (Å²) in [6, 6.07) is 12.2. The molecule has 1 fully saturated rings. The summed E-state index contributed by atoms with van der Waals surface area (Å²) >= 11 is 0. The van der Waals surface area contributed by atoms with Crippen LogP contribution in [-0.2, 0) is 22.6 Å². The molecule has 198 valence electrons. The average molecular weight is 520 g/mol. The Morgan fingerprint density at radius 2 is 1.84 bits per heavy atom. The van der Waals surface area contributed by atoms with Crippen LogP contribution >= 0.6 is 0 Å². The number of para-hydroxylation sites is 1. The van der Waals surface area contributed by atoms with Gasteiger partial charge in [-0.2, -0.15) is 13.2 Å². The number of carbonyl (C=O) groups excluding carboxylic acids is 2. The van der Waals surface area contributed by atoms with Crippen LogP contribution in [0, 0.1) is 12.7 Å². The van der Waals surface area contributed by atoms with E-state index in [4.69, 9.17) is 4.74 Å². The van der Waals surface area contributed by atoms with Crippen molar-refractivity contribution in [1.82, 2.24) is 14.8 Å². The van der Waals surface area contributed by atoms with Crippen molar-refractivity contribution in [3.8, 4) is 0 Å². The largest absolute Gasteiger partial charge is 0.471 e. The van der Waals surface area contributed by atoms with Crippen LogP contribution in [0.5, 0.6) is 0 Å². The summed E-state index contributed by atoms with van der Waals surface area (Å²) in [6.07, 6.45) is -3.77.